The number of aliphatic hydroxyl groups is 1. The predicted molar refractivity (Wildman–Crippen MR) is 81.5 cm³/mol. The van der Waals surface area contributed by atoms with Gasteiger partial charge in [-0.05, 0) is 18.9 Å². The SMILES string of the molecule is OC(CNC1COc2ccccc21)COC1CCCCC1. The van der Waals surface area contributed by atoms with Gasteiger partial charge in [-0.3, -0.25) is 0 Å². The van der Waals surface area contributed by atoms with Crippen molar-refractivity contribution < 1.29 is 14.6 Å². The summed E-state index contributed by atoms with van der Waals surface area (Å²) in [5, 5.41) is 13.4. The molecule has 0 saturated heterocycles. The highest BCUT2D eigenvalue weighted by molar-refractivity contribution is 5.39. The van der Waals surface area contributed by atoms with Crippen LogP contribution in [0.5, 0.6) is 5.75 Å². The molecule has 0 spiro atoms. The zero-order valence-electron chi connectivity index (χ0n) is 12.5. The minimum Gasteiger partial charge on any atom is -0.491 e. The first-order chi connectivity index (χ1) is 10.3. The number of nitrogens with one attached hydrogen (secondary N) is 1. The fourth-order valence-corrected chi connectivity index (χ4v) is 3.15. The molecule has 3 rings (SSSR count). The van der Waals surface area contributed by atoms with Crippen molar-refractivity contribution in [3.8, 4) is 5.75 Å². The molecule has 1 fully saturated rings. The monoisotopic (exact) mass is 291 g/mol. The van der Waals surface area contributed by atoms with E-state index in [2.05, 4.69) is 11.4 Å². The van der Waals surface area contributed by atoms with E-state index in [-0.39, 0.29) is 6.04 Å². The van der Waals surface area contributed by atoms with Crippen molar-refractivity contribution in [1.82, 2.24) is 5.32 Å². The number of fused-ring (bicyclic) bond motifs is 1. The second-order valence-electron chi connectivity index (χ2n) is 6.06. The van der Waals surface area contributed by atoms with Gasteiger partial charge < -0.3 is 19.9 Å². The molecule has 2 aliphatic rings. The van der Waals surface area contributed by atoms with Crippen molar-refractivity contribution in [2.75, 3.05) is 19.8 Å². The van der Waals surface area contributed by atoms with Gasteiger partial charge in [-0.2, -0.15) is 0 Å². The quantitative estimate of drug-likeness (QED) is 0.845. The Labute approximate surface area is 126 Å². The van der Waals surface area contributed by atoms with Crippen LogP contribution < -0.4 is 10.1 Å². The number of hydrogen-bond acceptors (Lipinski definition) is 4. The van der Waals surface area contributed by atoms with Crippen molar-refractivity contribution in [2.45, 2.75) is 50.4 Å². The van der Waals surface area contributed by atoms with Crippen LogP contribution in [0.3, 0.4) is 0 Å². The summed E-state index contributed by atoms with van der Waals surface area (Å²) in [5.74, 6) is 0.947. The van der Waals surface area contributed by atoms with Gasteiger partial charge in [0.2, 0.25) is 0 Å². The Balaban J connectivity index is 1.39. The van der Waals surface area contributed by atoms with Crippen LogP contribution in [0.25, 0.3) is 0 Å². The molecular formula is C17H25NO3. The minimum atomic E-state index is -0.459. The Bertz CT molecular complexity index is 445. The summed E-state index contributed by atoms with van der Waals surface area (Å²) in [6.07, 6.45) is 6.02. The van der Waals surface area contributed by atoms with E-state index in [1.165, 1.54) is 24.8 Å². The van der Waals surface area contributed by atoms with Gasteiger partial charge in [0.05, 0.1) is 24.9 Å². The number of aliphatic hydroxyl groups excluding tert-OH is 1. The molecule has 1 aromatic carbocycles. The van der Waals surface area contributed by atoms with Crippen molar-refractivity contribution in [3.05, 3.63) is 29.8 Å². The number of para-hydroxylation sites is 1. The first-order valence-electron chi connectivity index (χ1n) is 8.07. The largest absolute Gasteiger partial charge is 0.491 e. The molecule has 0 aromatic heterocycles. The third-order valence-corrected chi connectivity index (χ3v) is 4.38. The Morgan fingerprint density at radius 2 is 2.05 bits per heavy atom. The lowest BCUT2D eigenvalue weighted by Gasteiger charge is -2.24. The minimum absolute atomic E-state index is 0.172. The van der Waals surface area contributed by atoms with Crippen molar-refractivity contribution in [3.63, 3.8) is 0 Å². The Kier molecular flexibility index (Phi) is 5.12. The smallest absolute Gasteiger partial charge is 0.124 e. The van der Waals surface area contributed by atoms with Gasteiger partial charge in [0.1, 0.15) is 12.4 Å². The van der Waals surface area contributed by atoms with Crippen LogP contribution in [0.2, 0.25) is 0 Å². The summed E-state index contributed by atoms with van der Waals surface area (Å²) in [7, 11) is 0. The molecule has 1 aliphatic carbocycles. The molecule has 2 atom stereocenters. The maximum Gasteiger partial charge on any atom is 0.124 e. The van der Waals surface area contributed by atoms with Crippen molar-refractivity contribution >= 4 is 0 Å². The van der Waals surface area contributed by atoms with Crippen LogP contribution >= 0.6 is 0 Å². The normalized spacial score (nSPS) is 23.6. The van der Waals surface area contributed by atoms with Gasteiger partial charge in [0.15, 0.2) is 0 Å². The van der Waals surface area contributed by atoms with Crippen molar-refractivity contribution in [2.24, 2.45) is 0 Å². The number of ether oxygens (including phenoxy) is 2. The van der Waals surface area contributed by atoms with Gasteiger partial charge >= 0.3 is 0 Å². The van der Waals surface area contributed by atoms with Crippen LogP contribution in [-0.4, -0.2) is 37.1 Å². The predicted octanol–water partition coefficient (Wildman–Crippen LogP) is 2.42. The first-order valence-corrected chi connectivity index (χ1v) is 8.07. The van der Waals surface area contributed by atoms with E-state index < -0.39 is 6.10 Å². The van der Waals surface area contributed by atoms with Gasteiger partial charge in [-0.1, -0.05) is 37.5 Å². The van der Waals surface area contributed by atoms with Gasteiger partial charge in [-0.25, -0.2) is 0 Å². The number of hydrogen-bond donors (Lipinski definition) is 2. The van der Waals surface area contributed by atoms with E-state index in [9.17, 15) is 5.11 Å². The average molecular weight is 291 g/mol. The van der Waals surface area contributed by atoms with E-state index in [1.54, 1.807) is 0 Å². The molecule has 2 N–H and O–H groups in total. The van der Waals surface area contributed by atoms with E-state index in [0.717, 1.165) is 18.6 Å². The second kappa shape index (κ2) is 7.25. The molecular weight excluding hydrogens is 266 g/mol. The summed E-state index contributed by atoms with van der Waals surface area (Å²) < 4.78 is 11.4. The Morgan fingerprint density at radius 3 is 2.90 bits per heavy atom. The topological polar surface area (TPSA) is 50.7 Å². The third kappa shape index (κ3) is 3.96. The van der Waals surface area contributed by atoms with E-state index in [1.807, 2.05) is 18.2 Å². The maximum absolute atomic E-state index is 10.1. The standard InChI is InChI=1S/C17H25NO3/c19-13(11-20-14-6-2-1-3-7-14)10-18-16-12-21-17-9-5-4-8-15(16)17/h4-5,8-9,13-14,16,18-19H,1-3,6-7,10-12H2. The number of benzene rings is 1. The molecule has 1 aromatic rings. The maximum atomic E-state index is 10.1. The molecule has 1 saturated carbocycles. The van der Waals surface area contributed by atoms with Gasteiger partial charge in [0, 0.05) is 12.1 Å². The van der Waals surface area contributed by atoms with Gasteiger partial charge in [0.25, 0.3) is 0 Å². The van der Waals surface area contributed by atoms with E-state index in [4.69, 9.17) is 9.47 Å². The lowest BCUT2D eigenvalue weighted by atomic mass is 9.98. The molecule has 0 amide bonds. The fourth-order valence-electron chi connectivity index (χ4n) is 3.15. The Morgan fingerprint density at radius 1 is 1.24 bits per heavy atom. The van der Waals surface area contributed by atoms with Crippen LogP contribution in [-0.2, 0) is 4.74 Å². The lowest BCUT2D eigenvalue weighted by molar-refractivity contribution is -0.0237. The molecule has 21 heavy (non-hydrogen) atoms. The molecule has 1 heterocycles. The third-order valence-electron chi connectivity index (χ3n) is 4.38. The first kappa shape index (κ1) is 14.8. The summed E-state index contributed by atoms with van der Waals surface area (Å²) in [6, 6.07) is 8.23. The highest BCUT2D eigenvalue weighted by Gasteiger charge is 2.24. The summed E-state index contributed by atoms with van der Waals surface area (Å²) >= 11 is 0. The highest BCUT2D eigenvalue weighted by atomic mass is 16.5. The lowest BCUT2D eigenvalue weighted by Crippen LogP contribution is -2.35. The zero-order chi connectivity index (χ0) is 14.5. The summed E-state index contributed by atoms with van der Waals surface area (Å²) in [5.41, 5.74) is 1.18. The fraction of sp³-hybridized carbons (Fsp3) is 0.647. The van der Waals surface area contributed by atoms with Crippen LogP contribution in [0.1, 0.15) is 43.7 Å². The van der Waals surface area contributed by atoms with Gasteiger partial charge in [-0.15, -0.1) is 0 Å². The average Bonchev–Trinajstić information content (AvgIpc) is 2.95. The molecule has 1 aliphatic heterocycles. The van der Waals surface area contributed by atoms with Crippen molar-refractivity contribution in [1.29, 1.82) is 0 Å². The molecule has 0 bridgehead atoms. The van der Waals surface area contributed by atoms with Crippen LogP contribution in [0, 0.1) is 0 Å². The summed E-state index contributed by atoms with van der Waals surface area (Å²) in [4.78, 5) is 0. The highest BCUT2D eigenvalue weighted by Crippen LogP contribution is 2.31. The molecule has 116 valence electrons. The Hall–Kier alpha value is -1.10. The number of rotatable bonds is 6. The molecule has 2 unspecified atom stereocenters. The zero-order valence-corrected chi connectivity index (χ0v) is 12.5. The second-order valence-corrected chi connectivity index (χ2v) is 6.06. The summed E-state index contributed by atoms with van der Waals surface area (Å²) in [6.45, 7) is 1.59. The van der Waals surface area contributed by atoms with Crippen LogP contribution in [0.4, 0.5) is 0 Å². The van der Waals surface area contributed by atoms with Crippen LogP contribution in [0.15, 0.2) is 24.3 Å². The molecule has 4 nitrogen and oxygen atoms in total. The molecule has 0 radical (unpaired) electrons. The van der Waals surface area contributed by atoms with E-state index in [0.29, 0.717) is 25.9 Å². The molecule has 4 heteroatoms. The van der Waals surface area contributed by atoms with E-state index >= 15 is 0 Å².